The fourth-order valence-corrected chi connectivity index (χ4v) is 4.43. The highest BCUT2D eigenvalue weighted by atomic mass is 19.3. The number of amides is 1. The molecule has 1 aromatic heterocycles. The lowest BCUT2D eigenvalue weighted by atomic mass is 9.76. The van der Waals surface area contributed by atoms with E-state index < -0.39 is 17.9 Å². The van der Waals surface area contributed by atoms with E-state index in [1.54, 1.807) is 6.20 Å². The molecular weight excluding hydrogens is 522 g/mol. The Morgan fingerprint density at radius 2 is 1.83 bits per heavy atom. The number of halogens is 2. The number of alkyl halides is 2. The second-order valence-corrected chi connectivity index (χ2v) is 11.7. The highest BCUT2D eigenvalue weighted by Gasteiger charge is 2.44. The van der Waals surface area contributed by atoms with E-state index in [1.165, 1.54) is 17.3 Å². The standard InChI is InChI=1S/C20H31F2N3O2.C9H9N.C4H8/c1-5-6-7-15-10-14(8-9-20(15,21)22)13-25(18(26)27)17-12-23-16(11-24-17)19(2,3)4;1-7-3-4-9(6-10)5-8(7)2;1-3-4-2/h11-12,14-15H,5-10,13H2,1-4H3,(H,26,27);3-5H,1-2H3;3-4H,1-2H3/b;;4-3-. The van der Waals surface area contributed by atoms with Crippen molar-refractivity contribution in [1.29, 1.82) is 5.26 Å². The first-order valence-corrected chi connectivity index (χ1v) is 14.5. The second-order valence-electron chi connectivity index (χ2n) is 11.7. The quantitative estimate of drug-likeness (QED) is 0.350. The summed E-state index contributed by atoms with van der Waals surface area (Å²) in [6.45, 7) is 16.2. The summed E-state index contributed by atoms with van der Waals surface area (Å²) >= 11 is 0. The van der Waals surface area contributed by atoms with Gasteiger partial charge in [0.1, 0.15) is 0 Å². The molecule has 0 saturated heterocycles. The van der Waals surface area contributed by atoms with Crippen molar-refractivity contribution in [3.63, 3.8) is 0 Å². The molecule has 1 heterocycles. The van der Waals surface area contributed by atoms with E-state index in [9.17, 15) is 18.7 Å². The number of rotatable bonds is 6. The molecule has 2 atom stereocenters. The lowest BCUT2D eigenvalue weighted by Gasteiger charge is -2.37. The van der Waals surface area contributed by atoms with Crippen molar-refractivity contribution in [2.75, 3.05) is 11.4 Å². The predicted octanol–water partition coefficient (Wildman–Crippen LogP) is 9.26. The van der Waals surface area contributed by atoms with Gasteiger partial charge in [0, 0.05) is 24.3 Å². The maximum atomic E-state index is 14.2. The monoisotopic (exact) mass is 570 g/mol. The number of allylic oxidation sites excluding steroid dienone is 2. The third-order valence-electron chi connectivity index (χ3n) is 7.33. The van der Waals surface area contributed by atoms with Gasteiger partial charge in [-0.3, -0.25) is 9.88 Å². The Labute approximate surface area is 245 Å². The maximum absolute atomic E-state index is 14.2. The highest BCUT2D eigenvalue weighted by molar-refractivity contribution is 5.84. The number of carbonyl (C=O) groups is 1. The van der Waals surface area contributed by atoms with E-state index >= 15 is 0 Å². The number of nitrogens with zero attached hydrogens (tertiary/aromatic N) is 4. The van der Waals surface area contributed by atoms with Crippen molar-refractivity contribution in [2.24, 2.45) is 11.8 Å². The van der Waals surface area contributed by atoms with Gasteiger partial charge in [0.2, 0.25) is 0 Å². The fourth-order valence-electron chi connectivity index (χ4n) is 4.43. The lowest BCUT2D eigenvalue weighted by molar-refractivity contribution is -0.0998. The van der Waals surface area contributed by atoms with Gasteiger partial charge in [0.25, 0.3) is 5.92 Å². The number of aryl methyl sites for hydroxylation is 2. The van der Waals surface area contributed by atoms with E-state index in [0.717, 1.165) is 29.0 Å². The van der Waals surface area contributed by atoms with Crippen LogP contribution >= 0.6 is 0 Å². The smallest absolute Gasteiger partial charge is 0.413 e. The Morgan fingerprint density at radius 3 is 2.29 bits per heavy atom. The average molecular weight is 571 g/mol. The van der Waals surface area contributed by atoms with Crippen molar-refractivity contribution in [2.45, 2.75) is 105 Å². The van der Waals surface area contributed by atoms with Crippen LogP contribution in [0.2, 0.25) is 0 Å². The van der Waals surface area contributed by atoms with Gasteiger partial charge in [0.15, 0.2) is 5.82 Å². The molecule has 1 N–H and O–H groups in total. The third-order valence-corrected chi connectivity index (χ3v) is 7.33. The Morgan fingerprint density at radius 1 is 1.17 bits per heavy atom. The van der Waals surface area contributed by atoms with Gasteiger partial charge in [-0.05, 0) is 76.1 Å². The molecule has 1 aromatic carbocycles. The van der Waals surface area contributed by atoms with Crippen LogP contribution in [0.1, 0.15) is 102 Å². The summed E-state index contributed by atoms with van der Waals surface area (Å²) in [6.07, 6.45) is 8.57. The molecule has 226 valence electrons. The van der Waals surface area contributed by atoms with Crippen LogP contribution in [0.5, 0.6) is 0 Å². The van der Waals surface area contributed by atoms with Crippen LogP contribution in [0, 0.1) is 37.0 Å². The summed E-state index contributed by atoms with van der Waals surface area (Å²) in [6, 6.07) is 7.79. The van der Waals surface area contributed by atoms with Crippen molar-refractivity contribution >= 4 is 11.9 Å². The SMILES string of the molecule is C/C=C\C.CCCCC1CC(CN(C(=O)O)c2cnc(C(C)(C)C)cn2)CCC1(F)F.Cc1ccc(C#N)cc1C. The zero-order chi connectivity index (χ0) is 31.2. The van der Waals surface area contributed by atoms with Gasteiger partial charge in [-0.15, -0.1) is 0 Å². The van der Waals surface area contributed by atoms with Gasteiger partial charge >= 0.3 is 6.09 Å². The second kappa shape index (κ2) is 16.8. The number of anilines is 1. The maximum Gasteiger partial charge on any atom is 0.413 e. The van der Waals surface area contributed by atoms with Crippen molar-refractivity contribution in [1.82, 2.24) is 9.97 Å². The molecule has 3 rings (SSSR count). The van der Waals surface area contributed by atoms with Gasteiger partial charge < -0.3 is 5.11 Å². The van der Waals surface area contributed by atoms with E-state index in [1.807, 2.05) is 85.7 Å². The molecule has 6 nitrogen and oxygen atoms in total. The van der Waals surface area contributed by atoms with Crippen LogP contribution in [-0.4, -0.2) is 33.6 Å². The minimum atomic E-state index is -2.64. The number of nitriles is 1. The molecule has 0 aliphatic heterocycles. The molecular formula is C33H48F2N4O2. The highest BCUT2D eigenvalue weighted by Crippen LogP contribution is 2.44. The predicted molar refractivity (Wildman–Crippen MR) is 163 cm³/mol. The number of hydrogen-bond donors (Lipinski definition) is 1. The minimum absolute atomic E-state index is 0.0910. The molecule has 2 aromatic rings. The first kappa shape index (κ1) is 35.7. The van der Waals surface area contributed by atoms with Crippen LogP contribution in [0.4, 0.5) is 19.4 Å². The minimum Gasteiger partial charge on any atom is -0.465 e. The molecule has 41 heavy (non-hydrogen) atoms. The van der Waals surface area contributed by atoms with Crippen LogP contribution in [0.3, 0.4) is 0 Å². The topological polar surface area (TPSA) is 90.1 Å². The molecule has 1 aliphatic rings. The summed E-state index contributed by atoms with van der Waals surface area (Å²) in [5, 5.41) is 18.1. The Kier molecular flexibility index (Phi) is 14.6. The first-order chi connectivity index (χ1) is 19.2. The summed E-state index contributed by atoms with van der Waals surface area (Å²) in [4.78, 5) is 21.5. The molecule has 0 radical (unpaired) electrons. The Balaban J connectivity index is 0.000000493. The molecule has 1 amide bonds. The van der Waals surface area contributed by atoms with E-state index in [0.29, 0.717) is 19.3 Å². The zero-order valence-corrected chi connectivity index (χ0v) is 26.0. The fraction of sp³-hybridized carbons (Fsp3) is 0.576. The van der Waals surface area contributed by atoms with Crippen molar-refractivity contribution in [3.8, 4) is 6.07 Å². The summed E-state index contributed by atoms with van der Waals surface area (Å²) in [7, 11) is 0. The largest absolute Gasteiger partial charge is 0.465 e. The number of hydrogen-bond acceptors (Lipinski definition) is 4. The van der Waals surface area contributed by atoms with Crippen LogP contribution in [0.15, 0.2) is 42.7 Å². The van der Waals surface area contributed by atoms with Crippen molar-refractivity contribution in [3.05, 3.63) is 65.1 Å². The first-order valence-electron chi connectivity index (χ1n) is 14.5. The van der Waals surface area contributed by atoms with E-state index in [-0.39, 0.29) is 30.1 Å². The molecule has 1 fully saturated rings. The number of carboxylic acid groups (broad SMARTS) is 1. The molecule has 0 spiro atoms. The van der Waals surface area contributed by atoms with Crippen LogP contribution < -0.4 is 4.90 Å². The number of benzene rings is 1. The number of unbranched alkanes of at least 4 members (excludes halogenated alkanes) is 1. The lowest BCUT2D eigenvalue weighted by Crippen LogP contribution is -2.41. The Hall–Kier alpha value is -3.34. The summed E-state index contributed by atoms with van der Waals surface area (Å²) in [5.74, 6) is -3.15. The third kappa shape index (κ3) is 12.0. The molecule has 8 heteroatoms. The van der Waals surface area contributed by atoms with E-state index in [4.69, 9.17) is 5.26 Å². The van der Waals surface area contributed by atoms with Gasteiger partial charge in [-0.2, -0.15) is 5.26 Å². The van der Waals surface area contributed by atoms with Crippen LogP contribution in [-0.2, 0) is 5.41 Å². The zero-order valence-electron chi connectivity index (χ0n) is 26.0. The Bertz CT molecular complexity index is 1150. The van der Waals surface area contributed by atoms with Gasteiger partial charge in [0.05, 0.1) is 29.7 Å². The van der Waals surface area contributed by atoms with Gasteiger partial charge in [-0.25, -0.2) is 18.6 Å². The molecule has 0 bridgehead atoms. The molecule has 1 saturated carbocycles. The molecule has 2 unspecified atom stereocenters. The molecule has 1 aliphatic carbocycles. The van der Waals surface area contributed by atoms with Gasteiger partial charge in [-0.1, -0.05) is 58.8 Å². The van der Waals surface area contributed by atoms with Crippen molar-refractivity contribution < 1.29 is 18.7 Å². The van der Waals surface area contributed by atoms with E-state index in [2.05, 4.69) is 16.0 Å². The summed E-state index contributed by atoms with van der Waals surface area (Å²) < 4.78 is 28.4. The van der Waals surface area contributed by atoms with Crippen LogP contribution in [0.25, 0.3) is 0 Å². The normalized spacial score (nSPS) is 17.9. The number of aromatic nitrogens is 2. The summed E-state index contributed by atoms with van der Waals surface area (Å²) in [5.41, 5.74) is 3.75. The average Bonchev–Trinajstić information content (AvgIpc) is 2.93.